The van der Waals surface area contributed by atoms with Crippen molar-refractivity contribution in [2.24, 2.45) is 0 Å². The summed E-state index contributed by atoms with van der Waals surface area (Å²) in [5.74, 6) is 0.794. The third-order valence-corrected chi connectivity index (χ3v) is 6.92. The lowest BCUT2D eigenvalue weighted by molar-refractivity contribution is -0.429. The van der Waals surface area contributed by atoms with E-state index in [4.69, 9.17) is 9.84 Å². The molecular formula is C23H21N2O4S2+. The van der Waals surface area contributed by atoms with E-state index >= 15 is 0 Å². The number of thioether (sulfide) groups is 2. The molecule has 0 aromatic heterocycles. The lowest BCUT2D eigenvalue weighted by Crippen LogP contribution is -2.26. The number of carboxylic acids is 1. The second kappa shape index (κ2) is 9.45. The third kappa shape index (κ3) is 4.70. The van der Waals surface area contributed by atoms with Gasteiger partial charge in [0.2, 0.25) is 12.4 Å². The Labute approximate surface area is 188 Å². The monoisotopic (exact) mass is 453 g/mol. The van der Waals surface area contributed by atoms with Crippen molar-refractivity contribution >= 4 is 45.5 Å². The molecule has 2 aliphatic rings. The summed E-state index contributed by atoms with van der Waals surface area (Å²) < 4.78 is 8.06. The fraction of sp³-hybridized carbons (Fsp3) is 0.174. The van der Waals surface area contributed by atoms with Crippen LogP contribution in [0.15, 0.2) is 77.5 Å². The second-order valence-electron chi connectivity index (χ2n) is 6.76. The van der Waals surface area contributed by atoms with Crippen LogP contribution < -0.4 is 9.64 Å². The maximum atomic E-state index is 12.8. The van der Waals surface area contributed by atoms with Crippen LogP contribution in [0.4, 0.5) is 5.69 Å². The summed E-state index contributed by atoms with van der Waals surface area (Å²) >= 11 is 2.77. The van der Waals surface area contributed by atoms with E-state index in [0.29, 0.717) is 21.7 Å². The van der Waals surface area contributed by atoms with Crippen LogP contribution in [0, 0.1) is 0 Å². The Hall–Kier alpha value is -2.97. The van der Waals surface area contributed by atoms with E-state index < -0.39 is 5.97 Å². The lowest BCUT2D eigenvalue weighted by atomic mass is 10.2. The van der Waals surface area contributed by atoms with E-state index in [1.165, 1.54) is 28.1 Å². The summed E-state index contributed by atoms with van der Waals surface area (Å²) in [6.45, 7) is 2.25. The summed E-state index contributed by atoms with van der Waals surface area (Å²) in [5, 5.41) is 9.16. The van der Waals surface area contributed by atoms with Crippen LogP contribution in [0.25, 0.3) is 0 Å². The van der Waals surface area contributed by atoms with Crippen LogP contribution in [-0.4, -0.2) is 38.2 Å². The van der Waals surface area contributed by atoms with Gasteiger partial charge < -0.3 is 14.7 Å². The van der Waals surface area contributed by atoms with Crippen LogP contribution >= 0.6 is 23.5 Å². The minimum Gasteiger partial charge on any atom is -0.477 e. The van der Waals surface area contributed by atoms with Crippen LogP contribution in [0.5, 0.6) is 5.75 Å². The number of allylic oxidation sites excluding steroid dienone is 2. The number of anilines is 1. The van der Waals surface area contributed by atoms with Gasteiger partial charge in [-0.25, -0.2) is 9.59 Å². The molecule has 0 atom stereocenters. The van der Waals surface area contributed by atoms with Crippen molar-refractivity contribution < 1.29 is 24.0 Å². The first kappa shape index (κ1) is 21.3. The Morgan fingerprint density at radius 3 is 2.65 bits per heavy atom. The summed E-state index contributed by atoms with van der Waals surface area (Å²) in [7, 11) is 0. The van der Waals surface area contributed by atoms with Crippen LogP contribution in [0.2, 0.25) is 0 Å². The molecule has 0 unspecified atom stereocenters. The summed E-state index contributed by atoms with van der Waals surface area (Å²) in [4.78, 5) is 26.5. The quantitative estimate of drug-likeness (QED) is 0.517. The maximum Gasteiger partial charge on any atom is 0.428 e. The van der Waals surface area contributed by atoms with Crippen molar-refractivity contribution in [3.8, 4) is 5.75 Å². The van der Waals surface area contributed by atoms with Gasteiger partial charge in [0.15, 0.2) is 5.75 Å². The second-order valence-corrected chi connectivity index (χ2v) is 9.31. The fourth-order valence-corrected chi connectivity index (χ4v) is 5.46. The number of carbonyl (C=O) groups is 2. The zero-order valence-electron chi connectivity index (χ0n) is 16.9. The number of hydrogen-bond donors (Lipinski definition) is 1. The first-order valence-corrected chi connectivity index (χ1v) is 11.6. The van der Waals surface area contributed by atoms with E-state index in [1.54, 1.807) is 12.2 Å². The van der Waals surface area contributed by atoms with Gasteiger partial charge in [-0.2, -0.15) is 0 Å². The number of amides is 1. The SMILES string of the molecule is CCSC1=[N+](CC(=O)O)C(=O)/C(=C\C=C2/Oc3ccccc3N2Cc2ccccc2)S1. The van der Waals surface area contributed by atoms with Crippen molar-refractivity contribution in [2.45, 2.75) is 13.5 Å². The predicted octanol–water partition coefficient (Wildman–Crippen LogP) is 4.29. The highest BCUT2D eigenvalue weighted by Crippen LogP contribution is 2.40. The van der Waals surface area contributed by atoms with Crippen molar-refractivity contribution in [3.63, 3.8) is 0 Å². The molecule has 2 aromatic rings. The van der Waals surface area contributed by atoms with Crippen molar-refractivity contribution in [1.82, 2.24) is 0 Å². The van der Waals surface area contributed by atoms with Gasteiger partial charge in [0.25, 0.3) is 4.38 Å². The Bertz CT molecular complexity index is 1110. The Morgan fingerprint density at radius 1 is 1.16 bits per heavy atom. The smallest absolute Gasteiger partial charge is 0.428 e. The van der Waals surface area contributed by atoms with Gasteiger partial charge >= 0.3 is 11.9 Å². The van der Waals surface area contributed by atoms with Gasteiger partial charge in [0.1, 0.15) is 4.91 Å². The van der Waals surface area contributed by atoms with Gasteiger partial charge in [-0.3, -0.25) is 0 Å². The number of carbonyl (C=O) groups excluding carboxylic acids is 1. The fourth-order valence-electron chi connectivity index (χ4n) is 3.27. The van der Waals surface area contributed by atoms with Crippen molar-refractivity contribution in [3.05, 3.63) is 83.1 Å². The first-order chi connectivity index (χ1) is 15.1. The number of aliphatic carboxylic acids is 1. The number of ether oxygens (including phenoxy) is 1. The largest absolute Gasteiger partial charge is 0.477 e. The number of rotatable bonds is 6. The molecule has 0 saturated heterocycles. The summed E-state index contributed by atoms with van der Waals surface area (Å²) in [6, 6.07) is 17.9. The molecule has 0 saturated carbocycles. The van der Waals surface area contributed by atoms with Gasteiger partial charge in [-0.1, -0.05) is 49.4 Å². The molecule has 4 rings (SSSR count). The number of para-hydroxylation sites is 2. The molecule has 2 aromatic carbocycles. The van der Waals surface area contributed by atoms with Crippen LogP contribution in [-0.2, 0) is 16.1 Å². The van der Waals surface area contributed by atoms with Gasteiger partial charge in [0, 0.05) is 11.8 Å². The minimum atomic E-state index is -1.04. The number of fused-ring (bicyclic) bond motifs is 1. The molecule has 0 aliphatic carbocycles. The van der Waals surface area contributed by atoms with E-state index in [-0.39, 0.29) is 12.5 Å². The van der Waals surface area contributed by atoms with Gasteiger partial charge in [-0.05, 0) is 47.3 Å². The highest BCUT2D eigenvalue weighted by Gasteiger charge is 2.39. The number of hydrogen-bond acceptors (Lipinski definition) is 6. The molecule has 2 aliphatic heterocycles. The first-order valence-electron chi connectivity index (χ1n) is 9.78. The van der Waals surface area contributed by atoms with E-state index in [2.05, 4.69) is 17.0 Å². The summed E-state index contributed by atoms with van der Waals surface area (Å²) in [5.41, 5.74) is 2.10. The number of nitrogens with zero attached hydrogens (tertiary/aromatic N) is 2. The molecule has 0 bridgehead atoms. The third-order valence-electron chi connectivity index (χ3n) is 4.63. The maximum absolute atomic E-state index is 12.8. The normalized spacial score (nSPS) is 18.1. The summed E-state index contributed by atoms with van der Waals surface area (Å²) in [6.07, 6.45) is 3.49. The Kier molecular flexibility index (Phi) is 6.48. The predicted molar refractivity (Wildman–Crippen MR) is 124 cm³/mol. The Balaban J connectivity index is 1.62. The number of benzene rings is 2. The van der Waals surface area contributed by atoms with Crippen molar-refractivity contribution in [2.75, 3.05) is 17.2 Å². The average Bonchev–Trinajstić information content (AvgIpc) is 3.25. The zero-order chi connectivity index (χ0) is 21.8. The van der Waals surface area contributed by atoms with Gasteiger partial charge in [0.05, 0.1) is 12.2 Å². The molecule has 158 valence electrons. The van der Waals surface area contributed by atoms with Gasteiger partial charge in [-0.15, -0.1) is 4.58 Å². The molecule has 0 radical (unpaired) electrons. The lowest BCUT2D eigenvalue weighted by Gasteiger charge is -2.18. The highest BCUT2D eigenvalue weighted by molar-refractivity contribution is 8.40. The highest BCUT2D eigenvalue weighted by atomic mass is 32.2. The Morgan fingerprint density at radius 2 is 1.90 bits per heavy atom. The molecule has 8 heteroatoms. The average molecular weight is 454 g/mol. The van der Waals surface area contributed by atoms with Crippen LogP contribution in [0.3, 0.4) is 0 Å². The number of carboxylic acid groups (broad SMARTS) is 1. The minimum absolute atomic E-state index is 0.301. The molecule has 0 spiro atoms. The molecular weight excluding hydrogens is 432 g/mol. The van der Waals surface area contributed by atoms with E-state index in [0.717, 1.165) is 22.8 Å². The van der Waals surface area contributed by atoms with Crippen molar-refractivity contribution in [1.29, 1.82) is 0 Å². The van der Waals surface area contributed by atoms with Crippen LogP contribution in [0.1, 0.15) is 12.5 Å². The molecule has 31 heavy (non-hydrogen) atoms. The molecule has 2 heterocycles. The molecule has 6 nitrogen and oxygen atoms in total. The topological polar surface area (TPSA) is 69.8 Å². The molecule has 0 fully saturated rings. The zero-order valence-corrected chi connectivity index (χ0v) is 18.5. The molecule has 1 amide bonds. The van der Waals surface area contributed by atoms with E-state index in [1.807, 2.05) is 49.4 Å². The standard InChI is InChI=1S/C23H20N2O4S2/c1-2-30-23-25(15-21(26)27)22(28)19(31-23)12-13-20-24(14-16-8-4-3-5-9-16)17-10-6-7-11-18(17)29-20/h3-13H,2,14-15H2,1H3/p+1/b19-12+,20-13-. The molecule has 1 N–H and O–H groups in total. The van der Waals surface area contributed by atoms with E-state index in [9.17, 15) is 9.59 Å².